The van der Waals surface area contributed by atoms with E-state index < -0.39 is 0 Å². The highest BCUT2D eigenvalue weighted by atomic mass is 16.5. The maximum Gasteiger partial charge on any atom is 0.319 e. The highest BCUT2D eigenvalue weighted by Gasteiger charge is 2.24. The van der Waals surface area contributed by atoms with Gasteiger partial charge in [-0.05, 0) is 56.1 Å². The van der Waals surface area contributed by atoms with Crippen LogP contribution in [-0.4, -0.2) is 43.7 Å². The number of nitrogens with zero attached hydrogens (tertiary/aromatic N) is 1. The van der Waals surface area contributed by atoms with Crippen LogP contribution in [0.5, 0.6) is 5.75 Å². The first kappa shape index (κ1) is 16.6. The van der Waals surface area contributed by atoms with Crippen molar-refractivity contribution in [3.63, 3.8) is 0 Å². The summed E-state index contributed by atoms with van der Waals surface area (Å²) in [6.45, 7) is 7.40. The van der Waals surface area contributed by atoms with Gasteiger partial charge in [-0.15, -0.1) is 0 Å². The van der Waals surface area contributed by atoms with Crippen LogP contribution >= 0.6 is 0 Å². The van der Waals surface area contributed by atoms with Crippen LogP contribution in [0.3, 0.4) is 0 Å². The molecule has 2 rings (SSSR count). The maximum absolute atomic E-state index is 12.0. The fourth-order valence-electron chi connectivity index (χ4n) is 2.91. The zero-order chi connectivity index (χ0) is 15.9. The minimum atomic E-state index is -0.157. The number of carbonyl (C=O) groups excluding carboxylic acids is 1. The monoisotopic (exact) mass is 305 g/mol. The number of hydrogen-bond donors (Lipinski definition) is 2. The molecular formula is C17H27N3O2. The summed E-state index contributed by atoms with van der Waals surface area (Å²) in [6, 6.07) is 7.57. The molecule has 0 aliphatic carbocycles. The molecule has 1 heterocycles. The van der Waals surface area contributed by atoms with E-state index in [1.807, 2.05) is 24.3 Å². The van der Waals surface area contributed by atoms with Gasteiger partial charge < -0.3 is 15.4 Å². The minimum absolute atomic E-state index is 0.157. The van der Waals surface area contributed by atoms with Gasteiger partial charge in [0.1, 0.15) is 5.75 Å². The van der Waals surface area contributed by atoms with Crippen LogP contribution in [0.25, 0.3) is 0 Å². The van der Waals surface area contributed by atoms with E-state index in [0.29, 0.717) is 18.5 Å². The molecule has 0 spiro atoms. The van der Waals surface area contributed by atoms with Crippen molar-refractivity contribution in [3.05, 3.63) is 24.3 Å². The number of likely N-dealkylation sites (tertiary alicyclic amines) is 1. The molecule has 0 aromatic heterocycles. The van der Waals surface area contributed by atoms with Gasteiger partial charge in [0.2, 0.25) is 0 Å². The molecule has 0 saturated carbocycles. The van der Waals surface area contributed by atoms with Crippen molar-refractivity contribution >= 4 is 11.7 Å². The third-order valence-corrected chi connectivity index (χ3v) is 4.20. The highest BCUT2D eigenvalue weighted by molar-refractivity contribution is 5.89. The molecule has 1 fully saturated rings. The van der Waals surface area contributed by atoms with E-state index in [9.17, 15) is 4.79 Å². The van der Waals surface area contributed by atoms with Crippen molar-refractivity contribution in [1.82, 2.24) is 10.2 Å². The summed E-state index contributed by atoms with van der Waals surface area (Å²) in [5.74, 6) is 1.30. The van der Waals surface area contributed by atoms with Gasteiger partial charge in [0.25, 0.3) is 0 Å². The molecule has 2 amide bonds. The Hall–Kier alpha value is -1.75. The summed E-state index contributed by atoms with van der Waals surface area (Å²) in [5, 5.41) is 5.85. The van der Waals surface area contributed by atoms with Crippen LogP contribution in [0.2, 0.25) is 0 Å². The predicted molar refractivity (Wildman–Crippen MR) is 89.4 cm³/mol. The van der Waals surface area contributed by atoms with Crippen molar-refractivity contribution < 1.29 is 9.53 Å². The summed E-state index contributed by atoms with van der Waals surface area (Å²) in [6.07, 6.45) is 2.53. The van der Waals surface area contributed by atoms with Gasteiger partial charge in [0, 0.05) is 18.3 Å². The number of hydrogen-bond acceptors (Lipinski definition) is 3. The third kappa shape index (κ3) is 4.63. The van der Waals surface area contributed by atoms with Crippen LogP contribution in [0, 0.1) is 5.92 Å². The minimum Gasteiger partial charge on any atom is -0.497 e. The SMILES string of the molecule is COc1ccc(NC(=O)NC[C@H](C(C)C)N2CCCC2)cc1. The predicted octanol–water partition coefficient (Wildman–Crippen LogP) is 2.94. The van der Waals surface area contributed by atoms with Crippen LogP contribution in [0.1, 0.15) is 26.7 Å². The topological polar surface area (TPSA) is 53.6 Å². The fraction of sp³-hybridized carbons (Fsp3) is 0.588. The van der Waals surface area contributed by atoms with Crippen LogP contribution in [0.4, 0.5) is 10.5 Å². The zero-order valence-corrected chi connectivity index (χ0v) is 13.8. The van der Waals surface area contributed by atoms with E-state index in [0.717, 1.165) is 24.5 Å². The molecule has 22 heavy (non-hydrogen) atoms. The van der Waals surface area contributed by atoms with Crippen molar-refractivity contribution in [1.29, 1.82) is 0 Å². The lowest BCUT2D eigenvalue weighted by atomic mass is 10.0. The van der Waals surface area contributed by atoms with Crippen LogP contribution in [-0.2, 0) is 0 Å². The van der Waals surface area contributed by atoms with Crippen molar-refractivity contribution in [3.8, 4) is 5.75 Å². The number of benzene rings is 1. The lowest BCUT2D eigenvalue weighted by Crippen LogP contribution is -2.46. The Morgan fingerprint density at radius 3 is 2.41 bits per heavy atom. The molecule has 1 atom stereocenters. The first-order chi connectivity index (χ1) is 10.6. The molecule has 0 bridgehead atoms. The summed E-state index contributed by atoms with van der Waals surface area (Å²) in [5.41, 5.74) is 0.764. The Bertz CT molecular complexity index is 467. The molecule has 0 unspecified atom stereocenters. The Kier molecular flexibility index (Phi) is 6.07. The molecule has 5 heteroatoms. The molecule has 1 aromatic carbocycles. The van der Waals surface area contributed by atoms with E-state index in [-0.39, 0.29) is 6.03 Å². The Balaban J connectivity index is 1.82. The summed E-state index contributed by atoms with van der Waals surface area (Å²) in [7, 11) is 1.62. The number of rotatable bonds is 6. The van der Waals surface area contributed by atoms with Gasteiger partial charge >= 0.3 is 6.03 Å². The third-order valence-electron chi connectivity index (χ3n) is 4.20. The van der Waals surface area contributed by atoms with E-state index >= 15 is 0 Å². The maximum atomic E-state index is 12.0. The van der Waals surface area contributed by atoms with E-state index in [1.54, 1.807) is 7.11 Å². The molecular weight excluding hydrogens is 278 g/mol. The van der Waals surface area contributed by atoms with E-state index in [1.165, 1.54) is 12.8 Å². The number of amides is 2. The molecule has 1 aliphatic heterocycles. The zero-order valence-electron chi connectivity index (χ0n) is 13.8. The number of nitrogens with one attached hydrogen (secondary N) is 2. The highest BCUT2D eigenvalue weighted by Crippen LogP contribution is 2.17. The van der Waals surface area contributed by atoms with E-state index in [2.05, 4.69) is 29.4 Å². The van der Waals surface area contributed by atoms with Crippen LogP contribution < -0.4 is 15.4 Å². The second kappa shape index (κ2) is 8.03. The van der Waals surface area contributed by atoms with Crippen molar-refractivity contribution in [2.45, 2.75) is 32.7 Å². The second-order valence-corrected chi connectivity index (χ2v) is 6.12. The van der Waals surface area contributed by atoms with E-state index in [4.69, 9.17) is 4.74 Å². The lowest BCUT2D eigenvalue weighted by Gasteiger charge is -2.31. The number of ether oxygens (including phenoxy) is 1. The van der Waals surface area contributed by atoms with Crippen LogP contribution in [0.15, 0.2) is 24.3 Å². The standard InChI is InChI=1S/C17H27N3O2/c1-13(2)16(20-10-4-5-11-20)12-18-17(21)19-14-6-8-15(22-3)9-7-14/h6-9,13,16H,4-5,10-12H2,1-3H3,(H2,18,19,21)/t16-/m1/s1. The first-order valence-corrected chi connectivity index (χ1v) is 8.03. The Morgan fingerprint density at radius 1 is 1.23 bits per heavy atom. The summed E-state index contributed by atoms with van der Waals surface area (Å²) >= 11 is 0. The van der Waals surface area contributed by atoms with Gasteiger partial charge in [-0.1, -0.05) is 13.8 Å². The first-order valence-electron chi connectivity index (χ1n) is 8.03. The summed E-state index contributed by atoms with van der Waals surface area (Å²) < 4.78 is 5.10. The van der Waals surface area contributed by atoms with Gasteiger partial charge in [0.15, 0.2) is 0 Å². The normalized spacial score (nSPS) is 16.5. The average Bonchev–Trinajstić information content (AvgIpc) is 3.02. The average molecular weight is 305 g/mol. The number of carbonyl (C=O) groups is 1. The molecule has 5 nitrogen and oxygen atoms in total. The summed E-state index contributed by atoms with van der Waals surface area (Å²) in [4.78, 5) is 14.5. The molecule has 122 valence electrons. The fourth-order valence-corrected chi connectivity index (χ4v) is 2.91. The van der Waals surface area contributed by atoms with Crippen molar-refractivity contribution in [2.24, 2.45) is 5.92 Å². The molecule has 1 saturated heterocycles. The van der Waals surface area contributed by atoms with Gasteiger partial charge in [-0.25, -0.2) is 4.79 Å². The number of anilines is 1. The smallest absolute Gasteiger partial charge is 0.319 e. The quantitative estimate of drug-likeness (QED) is 0.849. The molecule has 1 aromatic rings. The molecule has 2 N–H and O–H groups in total. The van der Waals surface area contributed by atoms with Crippen molar-refractivity contribution in [2.75, 3.05) is 32.1 Å². The number of methoxy groups -OCH3 is 1. The number of urea groups is 1. The van der Waals surface area contributed by atoms with Gasteiger partial charge in [0.05, 0.1) is 7.11 Å². The van der Waals surface area contributed by atoms with Gasteiger partial charge in [-0.2, -0.15) is 0 Å². The Morgan fingerprint density at radius 2 is 1.86 bits per heavy atom. The largest absolute Gasteiger partial charge is 0.497 e. The Labute approximate surface area is 133 Å². The van der Waals surface area contributed by atoms with Gasteiger partial charge in [-0.3, -0.25) is 4.90 Å². The molecule has 1 aliphatic rings. The lowest BCUT2D eigenvalue weighted by molar-refractivity contribution is 0.186. The molecule has 0 radical (unpaired) electrons. The second-order valence-electron chi connectivity index (χ2n) is 6.12.